The van der Waals surface area contributed by atoms with Crippen molar-refractivity contribution in [2.24, 2.45) is 0 Å². The minimum absolute atomic E-state index is 0.0364. The van der Waals surface area contributed by atoms with E-state index in [4.69, 9.17) is 4.74 Å². The molecule has 2 aliphatic rings. The lowest BCUT2D eigenvalue weighted by Crippen LogP contribution is -2.33. The maximum Gasteiger partial charge on any atom is 0.410 e. The number of cyclic esters (lactones) is 1. The fourth-order valence-corrected chi connectivity index (χ4v) is 5.46. The van der Waals surface area contributed by atoms with Gasteiger partial charge in [0.05, 0.1) is 17.8 Å². The summed E-state index contributed by atoms with van der Waals surface area (Å²) in [7, 11) is 2.14. The zero-order chi connectivity index (χ0) is 20.2. The fourth-order valence-electron chi connectivity index (χ4n) is 3.83. The van der Waals surface area contributed by atoms with Crippen LogP contribution in [-0.2, 0) is 4.74 Å². The monoisotopic (exact) mass is 430 g/mol. The van der Waals surface area contributed by atoms with Crippen LogP contribution in [0.1, 0.15) is 37.1 Å². The average molecular weight is 431 g/mol. The third-order valence-corrected chi connectivity index (χ3v) is 7.10. The van der Waals surface area contributed by atoms with Crippen LogP contribution in [0.3, 0.4) is 0 Å². The molecule has 0 saturated carbocycles. The quantitative estimate of drug-likeness (QED) is 0.482. The number of ether oxygens (including phenoxy) is 1. The van der Waals surface area contributed by atoms with Crippen LogP contribution < -0.4 is 0 Å². The molecule has 1 amide bonds. The summed E-state index contributed by atoms with van der Waals surface area (Å²) < 4.78 is 14.7. The molecule has 6 nitrogen and oxygen atoms in total. The van der Waals surface area contributed by atoms with Crippen LogP contribution in [-0.4, -0.2) is 63.1 Å². The van der Waals surface area contributed by atoms with Gasteiger partial charge in [0.15, 0.2) is 0 Å². The number of rotatable bonds is 7. The summed E-state index contributed by atoms with van der Waals surface area (Å²) in [6.45, 7) is 4.77. The van der Waals surface area contributed by atoms with Crippen LogP contribution in [0.15, 0.2) is 41.4 Å². The highest BCUT2D eigenvalue weighted by Gasteiger charge is 2.39. The molecular formula is C21H26N4O2S2. The van der Waals surface area contributed by atoms with E-state index in [1.54, 1.807) is 11.8 Å². The van der Waals surface area contributed by atoms with E-state index in [1.807, 2.05) is 35.2 Å². The zero-order valence-electron chi connectivity index (χ0n) is 16.8. The van der Waals surface area contributed by atoms with Crippen LogP contribution in [0.2, 0.25) is 0 Å². The molecule has 154 valence electrons. The van der Waals surface area contributed by atoms with Gasteiger partial charge in [0, 0.05) is 25.4 Å². The summed E-state index contributed by atoms with van der Waals surface area (Å²) in [4.78, 5) is 16.5. The van der Waals surface area contributed by atoms with Gasteiger partial charge in [0.25, 0.3) is 0 Å². The number of aromatic nitrogens is 2. The summed E-state index contributed by atoms with van der Waals surface area (Å²) >= 11 is 3.01. The van der Waals surface area contributed by atoms with Crippen molar-refractivity contribution in [3.63, 3.8) is 0 Å². The number of carbonyl (C=O) groups is 1. The summed E-state index contributed by atoms with van der Waals surface area (Å²) in [6.07, 6.45) is 3.82. The predicted octanol–water partition coefficient (Wildman–Crippen LogP) is 4.32. The molecule has 0 N–H and O–H groups in total. The van der Waals surface area contributed by atoms with Gasteiger partial charge < -0.3 is 14.5 Å². The van der Waals surface area contributed by atoms with Crippen molar-refractivity contribution in [1.82, 2.24) is 18.5 Å². The van der Waals surface area contributed by atoms with Crippen molar-refractivity contribution < 1.29 is 9.53 Å². The topological polar surface area (TPSA) is 58.6 Å². The Kier molecular flexibility index (Phi) is 6.52. The minimum Gasteiger partial charge on any atom is -0.439 e. The molecule has 8 heteroatoms. The lowest BCUT2D eigenvalue weighted by atomic mass is 10.0. The van der Waals surface area contributed by atoms with Crippen LogP contribution in [0.4, 0.5) is 4.79 Å². The molecule has 2 aliphatic heterocycles. The van der Waals surface area contributed by atoms with Crippen molar-refractivity contribution in [2.45, 2.75) is 36.9 Å². The maximum atomic E-state index is 12.3. The van der Waals surface area contributed by atoms with Crippen molar-refractivity contribution in [3.8, 4) is 0 Å². The second-order valence-electron chi connectivity index (χ2n) is 7.52. The Morgan fingerprint density at radius 2 is 2.10 bits per heavy atom. The third kappa shape index (κ3) is 4.65. The van der Waals surface area contributed by atoms with Crippen LogP contribution in [0, 0.1) is 0 Å². The Labute approximate surface area is 180 Å². The Morgan fingerprint density at radius 3 is 2.90 bits per heavy atom. The van der Waals surface area contributed by atoms with Crippen molar-refractivity contribution in [2.75, 3.05) is 32.4 Å². The number of hydrogen-bond donors (Lipinski definition) is 0. The first kappa shape index (κ1) is 20.4. The van der Waals surface area contributed by atoms with E-state index in [1.165, 1.54) is 17.3 Å². The summed E-state index contributed by atoms with van der Waals surface area (Å²) in [5.41, 5.74) is 3.36. The van der Waals surface area contributed by atoms with Gasteiger partial charge in [-0.1, -0.05) is 36.4 Å². The maximum absolute atomic E-state index is 12.3. The highest BCUT2D eigenvalue weighted by atomic mass is 32.2. The number of nitrogens with zero attached hydrogens (tertiary/aromatic N) is 4. The SMILES string of the molecule is CC1C(c2ccccc2)OC(=O)N1CCCSc1nsnc1C1=CCCN(C)C1. The molecule has 1 saturated heterocycles. The minimum atomic E-state index is -0.220. The average Bonchev–Trinajstić information content (AvgIpc) is 3.31. The van der Waals surface area contributed by atoms with E-state index < -0.39 is 0 Å². The molecule has 0 spiro atoms. The smallest absolute Gasteiger partial charge is 0.410 e. The number of carbonyl (C=O) groups excluding carboxylic acids is 1. The van der Waals surface area contributed by atoms with Gasteiger partial charge in [-0.15, -0.1) is 11.8 Å². The molecule has 1 fully saturated rings. The van der Waals surface area contributed by atoms with E-state index in [0.717, 1.165) is 48.0 Å². The van der Waals surface area contributed by atoms with Crippen molar-refractivity contribution in [1.29, 1.82) is 0 Å². The lowest BCUT2D eigenvalue weighted by molar-refractivity contribution is 0.130. The molecule has 0 aliphatic carbocycles. The van der Waals surface area contributed by atoms with Gasteiger partial charge in [-0.2, -0.15) is 8.75 Å². The normalized spacial score (nSPS) is 22.6. The number of likely N-dealkylation sites (N-methyl/N-ethyl adjacent to an activating group) is 1. The van der Waals surface area contributed by atoms with Crippen LogP contribution in [0.5, 0.6) is 0 Å². The second kappa shape index (κ2) is 9.28. The summed E-state index contributed by atoms with van der Waals surface area (Å²) in [5, 5.41) is 1.01. The van der Waals surface area contributed by atoms with E-state index in [2.05, 4.69) is 33.7 Å². The second-order valence-corrected chi connectivity index (χ2v) is 9.14. The van der Waals surface area contributed by atoms with E-state index in [9.17, 15) is 4.79 Å². The summed E-state index contributed by atoms with van der Waals surface area (Å²) in [5.74, 6) is 0.897. The van der Waals surface area contributed by atoms with Gasteiger partial charge >= 0.3 is 6.09 Å². The van der Waals surface area contributed by atoms with E-state index >= 15 is 0 Å². The standard InChI is InChI=1S/C21H26N4O2S2/c1-15-19(16-8-4-3-5-9-16)27-21(26)25(15)12-7-13-28-20-18(22-29-23-20)17-10-6-11-24(2)14-17/h3-5,8-10,15,19H,6-7,11-14H2,1-2H3. The first-order valence-corrected chi connectivity index (χ1v) is 11.7. The van der Waals surface area contributed by atoms with Crippen LogP contribution >= 0.6 is 23.5 Å². The number of hydrogen-bond acceptors (Lipinski definition) is 7. The largest absolute Gasteiger partial charge is 0.439 e. The lowest BCUT2D eigenvalue weighted by Gasteiger charge is -2.22. The molecule has 4 rings (SSSR count). The number of thioether (sulfide) groups is 1. The molecule has 2 atom stereocenters. The number of amides is 1. The highest BCUT2D eigenvalue weighted by molar-refractivity contribution is 7.99. The molecular weight excluding hydrogens is 404 g/mol. The highest BCUT2D eigenvalue weighted by Crippen LogP contribution is 2.33. The summed E-state index contributed by atoms with van der Waals surface area (Å²) in [6, 6.07) is 10.0. The Morgan fingerprint density at radius 1 is 1.28 bits per heavy atom. The van der Waals surface area contributed by atoms with Gasteiger partial charge in [-0.3, -0.25) is 0 Å². The molecule has 0 radical (unpaired) electrons. The van der Waals surface area contributed by atoms with Crippen LogP contribution in [0.25, 0.3) is 5.57 Å². The zero-order valence-corrected chi connectivity index (χ0v) is 18.4. The van der Waals surface area contributed by atoms with Gasteiger partial charge in [0.2, 0.25) is 0 Å². The molecule has 1 aromatic carbocycles. The van der Waals surface area contributed by atoms with E-state index in [-0.39, 0.29) is 18.2 Å². The Balaban J connectivity index is 1.30. The molecule has 0 bridgehead atoms. The molecule has 3 heterocycles. The molecule has 2 unspecified atom stereocenters. The first-order chi connectivity index (χ1) is 14.1. The van der Waals surface area contributed by atoms with Crippen molar-refractivity contribution >= 4 is 35.2 Å². The predicted molar refractivity (Wildman–Crippen MR) is 117 cm³/mol. The van der Waals surface area contributed by atoms with E-state index in [0.29, 0.717) is 6.54 Å². The van der Waals surface area contributed by atoms with Crippen molar-refractivity contribution in [3.05, 3.63) is 47.7 Å². The number of benzene rings is 1. The fraction of sp³-hybridized carbons (Fsp3) is 0.476. The Hall–Kier alpha value is -1.90. The van der Waals surface area contributed by atoms with Gasteiger partial charge in [-0.25, -0.2) is 4.79 Å². The van der Waals surface area contributed by atoms with Gasteiger partial charge in [-0.05, 0) is 37.9 Å². The van der Waals surface area contributed by atoms with Gasteiger partial charge in [0.1, 0.15) is 16.8 Å². The third-order valence-electron chi connectivity index (χ3n) is 5.41. The molecule has 2 aromatic rings. The Bertz CT molecular complexity index is 871. The first-order valence-electron chi connectivity index (χ1n) is 9.99. The molecule has 29 heavy (non-hydrogen) atoms. The molecule has 1 aromatic heterocycles.